The van der Waals surface area contributed by atoms with Gasteiger partial charge in [-0.3, -0.25) is 0 Å². The minimum atomic E-state index is -3.56. The fraction of sp³-hybridized carbons (Fsp3) is 0.294. The summed E-state index contributed by atoms with van der Waals surface area (Å²) >= 11 is 0. The van der Waals surface area contributed by atoms with E-state index in [-0.39, 0.29) is 10.9 Å². The van der Waals surface area contributed by atoms with Crippen molar-refractivity contribution < 1.29 is 13.2 Å². The van der Waals surface area contributed by atoms with Gasteiger partial charge in [-0.15, -0.1) is 0 Å². The number of aryl methyl sites for hydroxylation is 1. The molecule has 0 aromatic heterocycles. The molecule has 0 fully saturated rings. The second-order valence-corrected chi connectivity index (χ2v) is 6.82. The molecule has 5 heteroatoms. The zero-order chi connectivity index (χ0) is 16.2. The van der Waals surface area contributed by atoms with Crippen molar-refractivity contribution in [3.63, 3.8) is 0 Å². The van der Waals surface area contributed by atoms with Crippen molar-refractivity contribution in [3.8, 4) is 5.75 Å². The Labute approximate surface area is 132 Å². The van der Waals surface area contributed by atoms with Crippen molar-refractivity contribution in [2.75, 3.05) is 6.61 Å². The lowest BCUT2D eigenvalue weighted by molar-refractivity contribution is 0.340. The minimum Gasteiger partial charge on any atom is -0.494 e. The molecule has 118 valence electrons. The van der Waals surface area contributed by atoms with E-state index >= 15 is 0 Å². The number of nitrogens with one attached hydrogen (secondary N) is 1. The van der Waals surface area contributed by atoms with Crippen molar-refractivity contribution in [1.82, 2.24) is 4.72 Å². The molecular formula is C17H21NO3S. The monoisotopic (exact) mass is 319 g/mol. The lowest BCUT2D eigenvalue weighted by atomic mass is 10.0. The zero-order valence-electron chi connectivity index (χ0n) is 13.0. The number of benzene rings is 2. The molecule has 0 aliphatic rings. The van der Waals surface area contributed by atoms with Crippen LogP contribution < -0.4 is 9.46 Å². The molecule has 0 aliphatic carbocycles. The van der Waals surface area contributed by atoms with Crippen molar-refractivity contribution in [1.29, 1.82) is 0 Å². The van der Waals surface area contributed by atoms with Gasteiger partial charge in [0.05, 0.1) is 11.5 Å². The fourth-order valence-electron chi connectivity index (χ4n) is 2.32. The third-order valence-electron chi connectivity index (χ3n) is 3.43. The predicted molar refractivity (Wildman–Crippen MR) is 87.5 cm³/mol. The number of rotatable bonds is 6. The molecule has 1 unspecified atom stereocenters. The highest BCUT2D eigenvalue weighted by Gasteiger charge is 2.19. The zero-order valence-corrected chi connectivity index (χ0v) is 13.9. The van der Waals surface area contributed by atoms with E-state index in [1.54, 1.807) is 24.3 Å². The van der Waals surface area contributed by atoms with Crippen LogP contribution in [-0.4, -0.2) is 15.0 Å². The van der Waals surface area contributed by atoms with Gasteiger partial charge in [0.2, 0.25) is 10.0 Å². The van der Waals surface area contributed by atoms with Crippen molar-refractivity contribution in [2.24, 2.45) is 0 Å². The van der Waals surface area contributed by atoms with E-state index in [0.717, 1.165) is 11.1 Å². The third kappa shape index (κ3) is 3.87. The molecule has 0 saturated heterocycles. The van der Waals surface area contributed by atoms with Crippen LogP contribution in [0.4, 0.5) is 0 Å². The fourth-order valence-corrected chi connectivity index (χ4v) is 3.54. The lowest BCUT2D eigenvalue weighted by Gasteiger charge is -2.17. The maximum atomic E-state index is 12.4. The molecule has 0 saturated carbocycles. The van der Waals surface area contributed by atoms with Gasteiger partial charge in [0.15, 0.2) is 0 Å². The smallest absolute Gasteiger partial charge is 0.241 e. The molecule has 0 spiro atoms. The molecule has 0 radical (unpaired) electrons. The van der Waals surface area contributed by atoms with Crippen LogP contribution in [0.25, 0.3) is 0 Å². The molecule has 0 bridgehead atoms. The molecular weight excluding hydrogens is 298 g/mol. The molecule has 0 heterocycles. The van der Waals surface area contributed by atoms with E-state index in [2.05, 4.69) is 4.72 Å². The molecule has 2 rings (SSSR count). The molecule has 0 amide bonds. The average Bonchev–Trinajstić information content (AvgIpc) is 2.48. The predicted octanol–water partition coefficient (Wildman–Crippen LogP) is 3.43. The van der Waals surface area contributed by atoms with Gasteiger partial charge in [-0.25, -0.2) is 13.1 Å². The molecule has 1 N–H and O–H groups in total. The largest absolute Gasteiger partial charge is 0.494 e. The standard InChI is InChI=1S/C17H21NO3S/c1-4-21-15-9-11-16(12-10-15)22(19,20)18-14(3)17-8-6-5-7-13(17)2/h5-12,14,18H,4H2,1-3H3. The summed E-state index contributed by atoms with van der Waals surface area (Å²) in [5.74, 6) is 0.661. The van der Waals surface area contributed by atoms with E-state index in [0.29, 0.717) is 12.4 Å². The van der Waals surface area contributed by atoms with Crippen LogP contribution in [0, 0.1) is 6.92 Å². The van der Waals surface area contributed by atoms with Crippen molar-refractivity contribution in [3.05, 3.63) is 59.7 Å². The summed E-state index contributed by atoms with van der Waals surface area (Å²) in [7, 11) is -3.56. The van der Waals surface area contributed by atoms with E-state index < -0.39 is 10.0 Å². The van der Waals surface area contributed by atoms with Crippen LogP contribution in [0.3, 0.4) is 0 Å². The Kier molecular flexibility index (Phi) is 5.21. The Balaban J connectivity index is 2.18. The lowest BCUT2D eigenvalue weighted by Crippen LogP contribution is -2.27. The van der Waals surface area contributed by atoms with Crippen LogP contribution in [0.15, 0.2) is 53.4 Å². The Morgan fingerprint density at radius 1 is 1.09 bits per heavy atom. The normalized spacial score (nSPS) is 12.9. The highest BCUT2D eigenvalue weighted by Crippen LogP contribution is 2.21. The van der Waals surface area contributed by atoms with Gasteiger partial charge in [-0.05, 0) is 56.2 Å². The van der Waals surface area contributed by atoms with Crippen molar-refractivity contribution in [2.45, 2.75) is 31.7 Å². The third-order valence-corrected chi connectivity index (χ3v) is 4.99. The average molecular weight is 319 g/mol. The number of ether oxygens (including phenoxy) is 1. The molecule has 1 atom stereocenters. The van der Waals surface area contributed by atoms with E-state index in [9.17, 15) is 8.42 Å². The molecule has 22 heavy (non-hydrogen) atoms. The Hall–Kier alpha value is -1.85. The summed E-state index contributed by atoms with van der Waals surface area (Å²) in [6.45, 7) is 6.25. The summed E-state index contributed by atoms with van der Waals surface area (Å²) < 4.78 is 32.9. The second-order valence-electron chi connectivity index (χ2n) is 5.10. The van der Waals surface area contributed by atoms with Crippen LogP contribution in [-0.2, 0) is 10.0 Å². The van der Waals surface area contributed by atoms with Gasteiger partial charge < -0.3 is 4.74 Å². The molecule has 2 aromatic carbocycles. The first kappa shape index (κ1) is 16.5. The Morgan fingerprint density at radius 3 is 2.32 bits per heavy atom. The van der Waals surface area contributed by atoms with Crippen LogP contribution in [0.5, 0.6) is 5.75 Å². The topological polar surface area (TPSA) is 55.4 Å². The molecule has 2 aromatic rings. The summed E-state index contributed by atoms with van der Waals surface area (Å²) in [4.78, 5) is 0.233. The van der Waals surface area contributed by atoms with E-state index in [1.807, 2.05) is 45.0 Å². The van der Waals surface area contributed by atoms with Gasteiger partial charge in [-0.2, -0.15) is 0 Å². The summed E-state index contributed by atoms with van der Waals surface area (Å²) in [5, 5.41) is 0. The van der Waals surface area contributed by atoms with Crippen LogP contribution in [0.1, 0.15) is 31.0 Å². The highest BCUT2D eigenvalue weighted by molar-refractivity contribution is 7.89. The first-order chi connectivity index (χ1) is 10.4. The van der Waals surface area contributed by atoms with Gasteiger partial charge in [0.1, 0.15) is 5.75 Å². The number of sulfonamides is 1. The summed E-state index contributed by atoms with van der Waals surface area (Å²) in [5.41, 5.74) is 2.03. The number of hydrogen-bond donors (Lipinski definition) is 1. The molecule has 0 aliphatic heterocycles. The van der Waals surface area contributed by atoms with E-state index in [4.69, 9.17) is 4.74 Å². The first-order valence-electron chi connectivity index (χ1n) is 7.24. The summed E-state index contributed by atoms with van der Waals surface area (Å²) in [6.07, 6.45) is 0. The highest BCUT2D eigenvalue weighted by atomic mass is 32.2. The Morgan fingerprint density at radius 2 is 1.73 bits per heavy atom. The van der Waals surface area contributed by atoms with Crippen LogP contribution >= 0.6 is 0 Å². The van der Waals surface area contributed by atoms with Crippen LogP contribution in [0.2, 0.25) is 0 Å². The molecule has 4 nitrogen and oxygen atoms in total. The number of hydrogen-bond acceptors (Lipinski definition) is 3. The first-order valence-corrected chi connectivity index (χ1v) is 8.73. The van der Waals surface area contributed by atoms with Gasteiger partial charge >= 0.3 is 0 Å². The van der Waals surface area contributed by atoms with Gasteiger partial charge in [-0.1, -0.05) is 24.3 Å². The Bertz CT molecular complexity index is 724. The minimum absolute atomic E-state index is 0.233. The van der Waals surface area contributed by atoms with Gasteiger partial charge in [0.25, 0.3) is 0 Å². The maximum Gasteiger partial charge on any atom is 0.241 e. The van der Waals surface area contributed by atoms with Gasteiger partial charge in [0, 0.05) is 6.04 Å². The quantitative estimate of drug-likeness (QED) is 0.887. The SMILES string of the molecule is CCOc1ccc(S(=O)(=O)NC(C)c2ccccc2C)cc1. The second kappa shape index (κ2) is 6.94. The van der Waals surface area contributed by atoms with Crippen molar-refractivity contribution >= 4 is 10.0 Å². The summed E-state index contributed by atoms with van der Waals surface area (Å²) in [6, 6.07) is 13.9. The maximum absolute atomic E-state index is 12.4. The van der Waals surface area contributed by atoms with E-state index in [1.165, 1.54) is 0 Å².